The molecule has 0 aliphatic rings. The van der Waals surface area contributed by atoms with E-state index in [1.165, 1.54) is 0 Å². The molecular weight excluding hydrogens is 238 g/mol. The maximum absolute atomic E-state index is 8.73. The number of anilines is 1. The zero-order chi connectivity index (χ0) is 13.5. The van der Waals surface area contributed by atoms with Gasteiger partial charge in [0.2, 0.25) is 5.88 Å². The fraction of sp³-hybridized carbons (Fsp3) is 0.200. The van der Waals surface area contributed by atoms with E-state index in [9.17, 15) is 0 Å². The van der Waals surface area contributed by atoms with Crippen LogP contribution >= 0.6 is 0 Å². The van der Waals surface area contributed by atoms with Gasteiger partial charge in [-0.25, -0.2) is 0 Å². The first-order valence-corrected chi connectivity index (χ1v) is 6.21. The summed E-state index contributed by atoms with van der Waals surface area (Å²) in [6.07, 6.45) is 1.04. The molecule has 0 aliphatic carbocycles. The molecule has 0 radical (unpaired) electrons. The Labute approximate surface area is 112 Å². The van der Waals surface area contributed by atoms with Crippen LogP contribution in [0.25, 0.3) is 0 Å². The molecule has 2 rings (SSSR count). The molecule has 1 heterocycles. The van der Waals surface area contributed by atoms with Crippen LogP contribution < -0.4 is 10.1 Å². The van der Waals surface area contributed by atoms with Crippen LogP contribution in [0.1, 0.15) is 18.9 Å². The normalized spacial score (nSPS) is 9.68. The number of hydrogen-bond donors (Lipinski definition) is 1. The Morgan fingerprint density at radius 2 is 2.00 bits per heavy atom. The third-order valence-electron chi connectivity index (χ3n) is 2.49. The summed E-state index contributed by atoms with van der Waals surface area (Å²) in [4.78, 5) is 4.35. The van der Waals surface area contributed by atoms with Gasteiger partial charge < -0.3 is 10.1 Å². The number of rotatable bonds is 5. The topological polar surface area (TPSA) is 57.9 Å². The van der Waals surface area contributed by atoms with Crippen LogP contribution in [-0.4, -0.2) is 11.5 Å². The average Bonchev–Trinajstić information content (AvgIpc) is 2.46. The smallest absolute Gasteiger partial charge is 0.221 e. The number of nitrogens with one attached hydrogen (secondary N) is 1. The summed E-state index contributed by atoms with van der Waals surface area (Å²) in [5.74, 6) is 2.00. The van der Waals surface area contributed by atoms with Crippen molar-refractivity contribution in [3.8, 4) is 17.7 Å². The van der Waals surface area contributed by atoms with Crippen LogP contribution in [0, 0.1) is 11.3 Å². The highest BCUT2D eigenvalue weighted by Crippen LogP contribution is 2.20. The van der Waals surface area contributed by atoms with Crippen molar-refractivity contribution < 1.29 is 4.74 Å². The van der Waals surface area contributed by atoms with E-state index < -0.39 is 0 Å². The van der Waals surface area contributed by atoms with E-state index in [1.807, 2.05) is 12.1 Å². The van der Waals surface area contributed by atoms with E-state index >= 15 is 0 Å². The molecule has 0 unspecified atom stereocenters. The molecule has 1 aromatic heterocycles. The summed E-state index contributed by atoms with van der Waals surface area (Å²) < 4.78 is 5.64. The molecule has 1 N–H and O–H groups in total. The van der Waals surface area contributed by atoms with E-state index in [2.05, 4.69) is 23.3 Å². The average molecular weight is 253 g/mol. The van der Waals surface area contributed by atoms with Gasteiger partial charge in [0.25, 0.3) is 0 Å². The molecule has 96 valence electrons. The molecule has 0 saturated heterocycles. The van der Waals surface area contributed by atoms with Gasteiger partial charge in [-0.15, -0.1) is 0 Å². The molecule has 0 saturated carbocycles. The van der Waals surface area contributed by atoms with Crippen LogP contribution in [0.4, 0.5) is 5.82 Å². The second-order valence-corrected chi connectivity index (χ2v) is 4.03. The van der Waals surface area contributed by atoms with Gasteiger partial charge in [-0.05, 0) is 36.8 Å². The number of benzene rings is 1. The lowest BCUT2D eigenvalue weighted by atomic mass is 10.2. The fourth-order valence-corrected chi connectivity index (χ4v) is 1.54. The van der Waals surface area contributed by atoms with Crippen LogP contribution in [-0.2, 0) is 0 Å². The van der Waals surface area contributed by atoms with Gasteiger partial charge in [0.15, 0.2) is 0 Å². The van der Waals surface area contributed by atoms with Crippen LogP contribution in [0.3, 0.4) is 0 Å². The number of hydrogen-bond acceptors (Lipinski definition) is 4. The van der Waals surface area contributed by atoms with Crippen molar-refractivity contribution in [3.05, 3.63) is 48.0 Å². The van der Waals surface area contributed by atoms with E-state index in [1.54, 1.807) is 30.3 Å². The molecular formula is C15H15N3O. The van der Waals surface area contributed by atoms with Crippen LogP contribution in [0.15, 0.2) is 42.5 Å². The van der Waals surface area contributed by atoms with Gasteiger partial charge in [-0.2, -0.15) is 10.2 Å². The second kappa shape index (κ2) is 6.41. The Morgan fingerprint density at radius 1 is 1.21 bits per heavy atom. The molecule has 0 atom stereocenters. The van der Waals surface area contributed by atoms with E-state index in [0.29, 0.717) is 17.2 Å². The molecule has 19 heavy (non-hydrogen) atoms. The molecule has 0 bridgehead atoms. The molecule has 0 aliphatic heterocycles. The van der Waals surface area contributed by atoms with Gasteiger partial charge in [-0.3, -0.25) is 0 Å². The van der Waals surface area contributed by atoms with Crippen LogP contribution in [0.5, 0.6) is 11.6 Å². The molecule has 4 nitrogen and oxygen atoms in total. The van der Waals surface area contributed by atoms with Crippen molar-refractivity contribution in [1.82, 2.24) is 4.98 Å². The van der Waals surface area contributed by atoms with Gasteiger partial charge in [-0.1, -0.05) is 13.0 Å². The molecule has 4 heteroatoms. The zero-order valence-electron chi connectivity index (χ0n) is 10.8. The summed E-state index contributed by atoms with van der Waals surface area (Å²) in [6, 6.07) is 14.6. The largest absolute Gasteiger partial charge is 0.439 e. The monoisotopic (exact) mass is 253 g/mol. The Morgan fingerprint density at radius 3 is 2.68 bits per heavy atom. The van der Waals surface area contributed by atoms with Gasteiger partial charge in [0.1, 0.15) is 11.6 Å². The number of ether oxygens (including phenoxy) is 1. The molecule has 2 aromatic rings. The van der Waals surface area contributed by atoms with Crippen molar-refractivity contribution in [2.45, 2.75) is 13.3 Å². The summed E-state index contributed by atoms with van der Waals surface area (Å²) in [5, 5.41) is 11.9. The Hall–Kier alpha value is -2.54. The van der Waals surface area contributed by atoms with Gasteiger partial charge in [0, 0.05) is 12.6 Å². The highest BCUT2D eigenvalue weighted by molar-refractivity contribution is 5.39. The Bertz CT molecular complexity index is 573. The van der Waals surface area contributed by atoms with E-state index in [-0.39, 0.29) is 0 Å². The highest BCUT2D eigenvalue weighted by Gasteiger charge is 2.00. The first-order chi connectivity index (χ1) is 9.31. The maximum Gasteiger partial charge on any atom is 0.221 e. The van der Waals surface area contributed by atoms with Gasteiger partial charge in [0.05, 0.1) is 11.6 Å². The van der Waals surface area contributed by atoms with E-state index in [0.717, 1.165) is 18.8 Å². The third kappa shape index (κ3) is 3.71. The molecule has 1 aromatic carbocycles. The predicted molar refractivity (Wildman–Crippen MR) is 74.2 cm³/mol. The standard InChI is InChI=1S/C15H15N3O/c1-2-10-17-14-4-3-5-15(18-14)19-13-8-6-12(11-16)7-9-13/h3-9H,2,10H2,1H3,(H,17,18). The Kier molecular flexibility index (Phi) is 4.35. The fourth-order valence-electron chi connectivity index (χ4n) is 1.54. The minimum atomic E-state index is 0.533. The number of aromatic nitrogens is 1. The first-order valence-electron chi connectivity index (χ1n) is 6.21. The van der Waals surface area contributed by atoms with E-state index in [4.69, 9.17) is 10.00 Å². The number of pyridine rings is 1. The van der Waals surface area contributed by atoms with Crippen LogP contribution in [0.2, 0.25) is 0 Å². The lowest BCUT2D eigenvalue weighted by Gasteiger charge is -2.07. The first kappa shape index (κ1) is 12.9. The summed E-state index contributed by atoms with van der Waals surface area (Å²) >= 11 is 0. The lowest BCUT2D eigenvalue weighted by molar-refractivity contribution is 0.463. The van der Waals surface area contributed by atoms with Crippen molar-refractivity contribution in [2.24, 2.45) is 0 Å². The zero-order valence-corrected chi connectivity index (χ0v) is 10.8. The molecule has 0 fully saturated rings. The highest BCUT2D eigenvalue weighted by atomic mass is 16.5. The molecule has 0 amide bonds. The lowest BCUT2D eigenvalue weighted by Crippen LogP contribution is -2.02. The number of nitriles is 1. The maximum atomic E-state index is 8.73. The summed E-state index contributed by atoms with van der Waals surface area (Å²) in [7, 11) is 0. The SMILES string of the molecule is CCCNc1cccc(Oc2ccc(C#N)cc2)n1. The van der Waals surface area contributed by atoms with Crippen molar-refractivity contribution in [3.63, 3.8) is 0 Å². The minimum Gasteiger partial charge on any atom is -0.439 e. The summed E-state index contributed by atoms with van der Waals surface area (Å²) in [5.41, 5.74) is 0.610. The summed E-state index contributed by atoms with van der Waals surface area (Å²) in [6.45, 7) is 2.98. The predicted octanol–water partition coefficient (Wildman–Crippen LogP) is 3.57. The molecule has 0 spiro atoms. The van der Waals surface area contributed by atoms with Crippen molar-refractivity contribution >= 4 is 5.82 Å². The Balaban J connectivity index is 2.07. The second-order valence-electron chi connectivity index (χ2n) is 4.03. The van der Waals surface area contributed by atoms with Gasteiger partial charge >= 0.3 is 0 Å². The van der Waals surface area contributed by atoms with Crippen molar-refractivity contribution in [1.29, 1.82) is 5.26 Å². The van der Waals surface area contributed by atoms with Crippen molar-refractivity contribution in [2.75, 3.05) is 11.9 Å². The minimum absolute atomic E-state index is 0.533. The quantitative estimate of drug-likeness (QED) is 0.885. The number of nitrogens with zero attached hydrogens (tertiary/aromatic N) is 2. The third-order valence-corrected chi connectivity index (χ3v) is 2.49.